The van der Waals surface area contributed by atoms with Crippen molar-refractivity contribution in [1.82, 2.24) is 5.32 Å². The number of hydrogen-bond donors (Lipinski definition) is 2. The van der Waals surface area contributed by atoms with Gasteiger partial charge in [0.1, 0.15) is 5.82 Å². The molecule has 0 aliphatic carbocycles. The van der Waals surface area contributed by atoms with Crippen LogP contribution in [0, 0.1) is 11.7 Å². The van der Waals surface area contributed by atoms with Gasteiger partial charge in [-0.05, 0) is 24.1 Å². The third-order valence-corrected chi connectivity index (χ3v) is 3.67. The Kier molecular flexibility index (Phi) is 4.39. The van der Waals surface area contributed by atoms with E-state index < -0.39 is 17.7 Å². The van der Waals surface area contributed by atoms with Crippen LogP contribution in [0.1, 0.15) is 23.6 Å². The molecule has 1 aromatic carbocycles. The molecule has 1 aromatic rings. The average Bonchev–Trinajstić information content (AvgIpc) is 2.83. The maximum Gasteiger partial charge on any atom is 0.307 e. The first kappa shape index (κ1) is 14.2. The van der Waals surface area contributed by atoms with E-state index in [2.05, 4.69) is 5.32 Å². The molecule has 1 aliphatic rings. The van der Waals surface area contributed by atoms with Crippen LogP contribution in [0.15, 0.2) is 12.1 Å². The second-order valence-corrected chi connectivity index (χ2v) is 5.04. The number of carboxylic acid groups (broad SMARTS) is 1. The van der Waals surface area contributed by atoms with Gasteiger partial charge in [0.2, 0.25) is 0 Å². The van der Waals surface area contributed by atoms with Crippen molar-refractivity contribution in [3.8, 4) is 0 Å². The number of nitrogens with one attached hydrogen (secondary N) is 1. The summed E-state index contributed by atoms with van der Waals surface area (Å²) in [6.45, 7) is 0.500. The Bertz CT molecular complexity index is 472. The van der Waals surface area contributed by atoms with Gasteiger partial charge >= 0.3 is 5.97 Å². The molecule has 2 atom stereocenters. The third kappa shape index (κ3) is 3.05. The van der Waals surface area contributed by atoms with Gasteiger partial charge in [-0.15, -0.1) is 0 Å². The lowest BCUT2D eigenvalue weighted by Crippen LogP contribution is -2.17. The zero-order valence-corrected chi connectivity index (χ0v) is 11.2. The molecule has 2 N–H and O–H groups in total. The summed E-state index contributed by atoms with van der Waals surface area (Å²) in [6, 6.07) is 2.88. The maximum absolute atomic E-state index is 13.9. The van der Waals surface area contributed by atoms with E-state index in [1.165, 1.54) is 13.2 Å². The SMILES string of the molecule is COCc1c(F)cc(C2CC(C(=O)O)CN2)cc1Cl. The van der Waals surface area contributed by atoms with Crippen molar-refractivity contribution in [1.29, 1.82) is 0 Å². The van der Waals surface area contributed by atoms with Crippen molar-refractivity contribution in [2.45, 2.75) is 19.1 Å². The fourth-order valence-corrected chi connectivity index (χ4v) is 2.55. The smallest absolute Gasteiger partial charge is 0.307 e. The highest BCUT2D eigenvalue weighted by Crippen LogP contribution is 2.31. The van der Waals surface area contributed by atoms with Gasteiger partial charge in [-0.1, -0.05) is 11.6 Å². The fourth-order valence-electron chi connectivity index (χ4n) is 2.28. The topological polar surface area (TPSA) is 58.6 Å². The van der Waals surface area contributed by atoms with Crippen molar-refractivity contribution in [2.24, 2.45) is 5.92 Å². The van der Waals surface area contributed by atoms with Crippen LogP contribution in [0.3, 0.4) is 0 Å². The number of ether oxygens (including phenoxy) is 1. The van der Waals surface area contributed by atoms with Crippen molar-refractivity contribution in [3.05, 3.63) is 34.1 Å². The van der Waals surface area contributed by atoms with Gasteiger partial charge in [-0.2, -0.15) is 0 Å². The number of halogens is 2. The van der Waals surface area contributed by atoms with Crippen LogP contribution in [-0.2, 0) is 16.1 Å². The van der Waals surface area contributed by atoms with E-state index in [-0.39, 0.29) is 12.6 Å². The summed E-state index contributed by atoms with van der Waals surface area (Å²) in [7, 11) is 1.47. The molecule has 1 aliphatic heterocycles. The zero-order valence-electron chi connectivity index (χ0n) is 10.5. The Hall–Kier alpha value is -1.17. The number of rotatable bonds is 4. The standard InChI is InChI=1S/C13H15ClFNO3/c1-19-6-9-10(14)2-7(3-11(9)15)12-4-8(5-16-12)13(17)18/h2-3,8,12,16H,4-6H2,1H3,(H,17,18). The fraction of sp³-hybridized carbons (Fsp3) is 0.462. The molecule has 1 fully saturated rings. The molecule has 1 heterocycles. The molecule has 1 saturated heterocycles. The Morgan fingerprint density at radius 2 is 2.37 bits per heavy atom. The minimum atomic E-state index is -0.836. The molecule has 0 bridgehead atoms. The van der Waals surface area contributed by atoms with Crippen LogP contribution >= 0.6 is 11.6 Å². The Morgan fingerprint density at radius 3 is 2.89 bits per heavy atom. The predicted molar refractivity (Wildman–Crippen MR) is 68.6 cm³/mol. The van der Waals surface area contributed by atoms with Gasteiger partial charge in [-0.3, -0.25) is 4.79 Å². The van der Waals surface area contributed by atoms with E-state index >= 15 is 0 Å². The Morgan fingerprint density at radius 1 is 1.63 bits per heavy atom. The van der Waals surface area contributed by atoms with E-state index in [4.69, 9.17) is 21.4 Å². The molecular formula is C13H15ClFNO3. The molecule has 6 heteroatoms. The van der Waals surface area contributed by atoms with Gasteiger partial charge in [0.15, 0.2) is 0 Å². The predicted octanol–water partition coefficient (Wildman–Crippen LogP) is 2.36. The summed E-state index contributed by atoms with van der Waals surface area (Å²) in [5, 5.41) is 12.3. The van der Waals surface area contributed by atoms with E-state index in [1.54, 1.807) is 6.07 Å². The molecule has 0 spiro atoms. The normalized spacial score (nSPS) is 22.7. The van der Waals surface area contributed by atoms with Crippen LogP contribution in [0.5, 0.6) is 0 Å². The van der Waals surface area contributed by atoms with Crippen molar-refractivity contribution in [3.63, 3.8) is 0 Å². The van der Waals surface area contributed by atoms with Gasteiger partial charge in [0.25, 0.3) is 0 Å². The lowest BCUT2D eigenvalue weighted by molar-refractivity contribution is -0.141. The summed E-state index contributed by atoms with van der Waals surface area (Å²) in [5.41, 5.74) is 0.992. The maximum atomic E-state index is 13.9. The molecule has 104 valence electrons. The first-order valence-electron chi connectivity index (χ1n) is 5.96. The molecule has 0 aromatic heterocycles. The van der Waals surface area contributed by atoms with Gasteiger partial charge < -0.3 is 15.2 Å². The summed E-state index contributed by atoms with van der Waals surface area (Å²) < 4.78 is 18.8. The van der Waals surface area contributed by atoms with Crippen LogP contribution in [0.25, 0.3) is 0 Å². The quantitative estimate of drug-likeness (QED) is 0.892. The number of benzene rings is 1. The number of hydrogen-bond acceptors (Lipinski definition) is 3. The van der Waals surface area contributed by atoms with Crippen LogP contribution < -0.4 is 5.32 Å². The summed E-state index contributed by atoms with van der Waals surface area (Å²) >= 11 is 6.03. The van der Waals surface area contributed by atoms with Crippen LogP contribution in [0.4, 0.5) is 4.39 Å². The summed E-state index contributed by atoms with van der Waals surface area (Å²) in [5.74, 6) is -1.70. The van der Waals surface area contributed by atoms with Crippen molar-refractivity contribution in [2.75, 3.05) is 13.7 Å². The van der Waals surface area contributed by atoms with Gasteiger partial charge in [0.05, 0.1) is 12.5 Å². The van der Waals surface area contributed by atoms with Crippen LogP contribution in [0.2, 0.25) is 5.02 Å². The van der Waals surface area contributed by atoms with E-state index in [9.17, 15) is 9.18 Å². The van der Waals surface area contributed by atoms with E-state index in [0.717, 1.165) is 0 Å². The summed E-state index contributed by atoms with van der Waals surface area (Å²) in [4.78, 5) is 10.9. The molecule has 2 unspecified atom stereocenters. The zero-order chi connectivity index (χ0) is 14.0. The number of carbonyl (C=O) groups is 1. The second kappa shape index (κ2) is 5.86. The molecule has 19 heavy (non-hydrogen) atoms. The van der Waals surface area contributed by atoms with E-state index in [1.807, 2.05) is 0 Å². The van der Waals surface area contributed by atoms with Crippen LogP contribution in [-0.4, -0.2) is 24.7 Å². The highest BCUT2D eigenvalue weighted by atomic mass is 35.5. The third-order valence-electron chi connectivity index (χ3n) is 3.33. The monoisotopic (exact) mass is 287 g/mol. The number of aliphatic carboxylic acids is 1. The van der Waals surface area contributed by atoms with E-state index in [0.29, 0.717) is 29.1 Å². The Labute approximate surface area is 115 Å². The minimum absolute atomic E-state index is 0.112. The Balaban J connectivity index is 2.20. The molecular weight excluding hydrogens is 273 g/mol. The first-order chi connectivity index (χ1) is 9.02. The van der Waals surface area contributed by atoms with Gasteiger partial charge in [0, 0.05) is 30.3 Å². The highest BCUT2D eigenvalue weighted by Gasteiger charge is 2.30. The first-order valence-corrected chi connectivity index (χ1v) is 6.33. The molecule has 0 radical (unpaired) electrons. The summed E-state index contributed by atoms with van der Waals surface area (Å²) in [6.07, 6.45) is 0.439. The second-order valence-electron chi connectivity index (χ2n) is 4.63. The molecule has 0 amide bonds. The molecule has 0 saturated carbocycles. The highest BCUT2D eigenvalue weighted by molar-refractivity contribution is 6.31. The number of methoxy groups -OCH3 is 1. The minimum Gasteiger partial charge on any atom is -0.481 e. The molecule has 2 rings (SSSR count). The lowest BCUT2D eigenvalue weighted by atomic mass is 9.99. The number of carboxylic acids is 1. The van der Waals surface area contributed by atoms with Gasteiger partial charge in [-0.25, -0.2) is 4.39 Å². The van der Waals surface area contributed by atoms with Crippen molar-refractivity contribution >= 4 is 17.6 Å². The molecule has 4 nitrogen and oxygen atoms in total. The van der Waals surface area contributed by atoms with Crippen molar-refractivity contribution < 1.29 is 19.0 Å². The lowest BCUT2D eigenvalue weighted by Gasteiger charge is -2.14. The largest absolute Gasteiger partial charge is 0.481 e. The average molecular weight is 288 g/mol.